The largest absolute Gasteiger partial charge is 0.496 e. The quantitative estimate of drug-likeness (QED) is 0.514. The third-order valence-electron chi connectivity index (χ3n) is 5.43. The maximum absolute atomic E-state index is 9.62. The van der Waals surface area contributed by atoms with Crippen molar-refractivity contribution >= 4 is 5.57 Å². The SMILES string of the molecule is CCC1=CC(c2ccccc2)N(/C(C)=C/OC(C)CC(C)O)C=C1c1ccccc1. The van der Waals surface area contributed by atoms with E-state index < -0.39 is 0 Å². The van der Waals surface area contributed by atoms with Gasteiger partial charge in [-0.25, -0.2) is 0 Å². The van der Waals surface area contributed by atoms with Crippen molar-refractivity contribution in [3.05, 3.63) is 102 Å². The highest BCUT2D eigenvalue weighted by molar-refractivity contribution is 5.80. The molecule has 0 amide bonds. The monoisotopic (exact) mass is 403 g/mol. The molecule has 30 heavy (non-hydrogen) atoms. The highest BCUT2D eigenvalue weighted by Gasteiger charge is 2.25. The molecule has 0 aromatic heterocycles. The van der Waals surface area contributed by atoms with Crippen LogP contribution in [-0.4, -0.2) is 22.2 Å². The minimum atomic E-state index is -0.375. The molecule has 0 fully saturated rings. The van der Waals surface area contributed by atoms with Crippen molar-refractivity contribution in [2.75, 3.05) is 0 Å². The van der Waals surface area contributed by atoms with E-state index in [-0.39, 0.29) is 18.2 Å². The molecule has 3 atom stereocenters. The van der Waals surface area contributed by atoms with Crippen molar-refractivity contribution in [2.45, 2.75) is 58.8 Å². The maximum Gasteiger partial charge on any atom is 0.102 e. The number of benzene rings is 2. The molecule has 0 saturated carbocycles. The third kappa shape index (κ3) is 5.43. The zero-order valence-corrected chi connectivity index (χ0v) is 18.5. The first-order chi connectivity index (χ1) is 14.5. The zero-order chi connectivity index (χ0) is 21.5. The standard InChI is InChI=1S/C27H33NO2/c1-5-23-17-27(25-14-10-7-11-15-25)28(18-26(23)24-12-8-6-9-13-24)20(2)19-30-22(4)16-21(3)29/h6-15,17-19,21-22,27,29H,5,16H2,1-4H3/b20-19+. The number of aliphatic hydroxyl groups is 1. The predicted molar refractivity (Wildman–Crippen MR) is 124 cm³/mol. The van der Waals surface area contributed by atoms with Crippen LogP contribution in [0.4, 0.5) is 0 Å². The topological polar surface area (TPSA) is 32.7 Å². The fourth-order valence-electron chi connectivity index (χ4n) is 3.89. The van der Waals surface area contributed by atoms with Crippen LogP contribution in [0.5, 0.6) is 0 Å². The van der Waals surface area contributed by atoms with Gasteiger partial charge in [-0.1, -0.05) is 73.7 Å². The molecule has 0 aliphatic carbocycles. The van der Waals surface area contributed by atoms with Crippen molar-refractivity contribution in [2.24, 2.45) is 0 Å². The number of ether oxygens (including phenoxy) is 1. The first kappa shape index (κ1) is 21.9. The van der Waals surface area contributed by atoms with E-state index in [0.717, 1.165) is 12.1 Å². The summed E-state index contributed by atoms with van der Waals surface area (Å²) in [6, 6.07) is 21.2. The van der Waals surface area contributed by atoms with Gasteiger partial charge in [-0.05, 0) is 43.9 Å². The van der Waals surface area contributed by atoms with Crippen LogP contribution in [0.2, 0.25) is 0 Å². The van der Waals surface area contributed by atoms with E-state index in [0.29, 0.717) is 6.42 Å². The van der Waals surface area contributed by atoms with Gasteiger partial charge in [-0.3, -0.25) is 0 Å². The zero-order valence-electron chi connectivity index (χ0n) is 18.5. The van der Waals surface area contributed by atoms with E-state index in [4.69, 9.17) is 4.74 Å². The second-order valence-corrected chi connectivity index (χ2v) is 8.01. The van der Waals surface area contributed by atoms with Crippen molar-refractivity contribution in [3.8, 4) is 0 Å². The summed E-state index contributed by atoms with van der Waals surface area (Å²) < 4.78 is 5.93. The molecule has 3 unspecified atom stereocenters. The normalized spacial score (nSPS) is 19.0. The molecule has 2 aromatic carbocycles. The number of nitrogens with zero attached hydrogens (tertiary/aromatic N) is 1. The van der Waals surface area contributed by atoms with Crippen molar-refractivity contribution in [1.29, 1.82) is 0 Å². The van der Waals surface area contributed by atoms with Gasteiger partial charge in [0.25, 0.3) is 0 Å². The molecule has 1 aliphatic rings. The Morgan fingerprint density at radius 1 is 1.07 bits per heavy atom. The van der Waals surface area contributed by atoms with Gasteiger partial charge in [0.1, 0.15) is 6.26 Å². The second-order valence-electron chi connectivity index (χ2n) is 8.01. The number of rotatable bonds is 8. The minimum absolute atomic E-state index is 0.0424. The minimum Gasteiger partial charge on any atom is -0.496 e. The lowest BCUT2D eigenvalue weighted by atomic mass is 9.89. The Labute approximate surface area is 181 Å². The number of hydrogen-bond donors (Lipinski definition) is 1. The van der Waals surface area contributed by atoms with Crippen LogP contribution in [0.1, 0.15) is 57.7 Å². The van der Waals surface area contributed by atoms with E-state index in [1.165, 1.54) is 22.3 Å². The average molecular weight is 404 g/mol. The molecular weight excluding hydrogens is 370 g/mol. The number of hydrogen-bond acceptors (Lipinski definition) is 3. The van der Waals surface area contributed by atoms with E-state index in [2.05, 4.69) is 91.7 Å². The Balaban J connectivity index is 1.98. The van der Waals surface area contributed by atoms with Gasteiger partial charge in [-0.2, -0.15) is 0 Å². The van der Waals surface area contributed by atoms with Crippen molar-refractivity contribution in [3.63, 3.8) is 0 Å². The van der Waals surface area contributed by atoms with Crippen LogP contribution < -0.4 is 0 Å². The molecule has 3 rings (SSSR count). The molecule has 3 heteroatoms. The lowest BCUT2D eigenvalue weighted by Gasteiger charge is -2.35. The van der Waals surface area contributed by atoms with Crippen LogP contribution in [-0.2, 0) is 4.74 Å². The first-order valence-corrected chi connectivity index (χ1v) is 10.8. The van der Waals surface area contributed by atoms with Crippen molar-refractivity contribution in [1.82, 2.24) is 4.90 Å². The Bertz CT molecular complexity index is 897. The van der Waals surface area contributed by atoms with Crippen LogP contribution in [0.3, 0.4) is 0 Å². The summed E-state index contributed by atoms with van der Waals surface area (Å²) >= 11 is 0. The van der Waals surface area contributed by atoms with Crippen molar-refractivity contribution < 1.29 is 9.84 Å². The molecule has 0 saturated heterocycles. The highest BCUT2D eigenvalue weighted by atomic mass is 16.5. The lowest BCUT2D eigenvalue weighted by molar-refractivity contribution is 0.0847. The molecule has 3 nitrogen and oxygen atoms in total. The van der Waals surface area contributed by atoms with Gasteiger partial charge in [0.15, 0.2) is 0 Å². The second kappa shape index (κ2) is 10.3. The Kier molecular flexibility index (Phi) is 7.53. The Morgan fingerprint density at radius 2 is 1.70 bits per heavy atom. The molecule has 1 N–H and O–H groups in total. The molecule has 0 bridgehead atoms. The average Bonchev–Trinajstić information content (AvgIpc) is 2.77. The molecule has 1 heterocycles. The van der Waals surface area contributed by atoms with E-state index in [1.54, 1.807) is 6.92 Å². The van der Waals surface area contributed by atoms with Gasteiger partial charge < -0.3 is 14.7 Å². The summed E-state index contributed by atoms with van der Waals surface area (Å²) in [6.07, 6.45) is 7.61. The molecule has 1 aliphatic heterocycles. The lowest BCUT2D eigenvalue weighted by Crippen LogP contribution is -2.25. The third-order valence-corrected chi connectivity index (χ3v) is 5.43. The van der Waals surface area contributed by atoms with Crippen LogP contribution in [0.25, 0.3) is 5.57 Å². The molecular formula is C27H33NO2. The van der Waals surface area contributed by atoms with Crippen LogP contribution >= 0.6 is 0 Å². The summed E-state index contributed by atoms with van der Waals surface area (Å²) in [5.41, 5.74) is 6.09. The number of aliphatic hydroxyl groups excluding tert-OH is 1. The summed E-state index contributed by atoms with van der Waals surface area (Å²) in [7, 11) is 0. The van der Waals surface area contributed by atoms with Gasteiger partial charge in [0, 0.05) is 18.2 Å². The molecule has 0 spiro atoms. The fourth-order valence-corrected chi connectivity index (χ4v) is 3.89. The van der Waals surface area contributed by atoms with Gasteiger partial charge >= 0.3 is 0 Å². The fraction of sp³-hybridized carbons (Fsp3) is 0.333. The Morgan fingerprint density at radius 3 is 2.30 bits per heavy atom. The first-order valence-electron chi connectivity index (χ1n) is 10.8. The summed E-state index contributed by atoms with van der Waals surface area (Å²) in [4.78, 5) is 2.28. The van der Waals surface area contributed by atoms with E-state index in [9.17, 15) is 5.11 Å². The predicted octanol–water partition coefficient (Wildman–Crippen LogP) is 6.46. The number of allylic oxidation sites excluding steroid dienone is 3. The molecule has 0 radical (unpaired) electrons. The maximum atomic E-state index is 9.62. The molecule has 158 valence electrons. The van der Waals surface area contributed by atoms with Gasteiger partial charge in [-0.15, -0.1) is 0 Å². The van der Waals surface area contributed by atoms with Gasteiger partial charge in [0.05, 0.1) is 23.9 Å². The Hall–Kier alpha value is -2.78. The smallest absolute Gasteiger partial charge is 0.102 e. The highest BCUT2D eigenvalue weighted by Crippen LogP contribution is 2.38. The summed E-state index contributed by atoms with van der Waals surface area (Å²) in [6.45, 7) is 8.07. The summed E-state index contributed by atoms with van der Waals surface area (Å²) in [5, 5.41) is 9.62. The summed E-state index contributed by atoms with van der Waals surface area (Å²) in [5.74, 6) is 0. The van der Waals surface area contributed by atoms with Gasteiger partial charge in [0.2, 0.25) is 0 Å². The molecule has 2 aromatic rings. The van der Waals surface area contributed by atoms with E-state index >= 15 is 0 Å². The van der Waals surface area contributed by atoms with Crippen LogP contribution in [0.15, 0.2) is 90.5 Å². The van der Waals surface area contributed by atoms with Crippen LogP contribution in [0, 0.1) is 0 Å². The van der Waals surface area contributed by atoms with E-state index in [1.807, 2.05) is 13.2 Å².